The monoisotopic (exact) mass is 251 g/mol. The van der Waals surface area contributed by atoms with Gasteiger partial charge in [0.15, 0.2) is 0 Å². The maximum absolute atomic E-state index is 13.7. The predicted octanol–water partition coefficient (Wildman–Crippen LogP) is 0.848. The molecule has 0 radical (unpaired) electrons. The minimum Gasteiger partial charge on any atom is -0.366 e. The number of benzene rings is 1. The minimum atomic E-state index is -0.536. The van der Waals surface area contributed by atoms with Crippen LogP contribution in [0.4, 0.5) is 4.39 Å². The Bertz CT molecular complexity index is 450. The van der Waals surface area contributed by atoms with Crippen LogP contribution in [0.15, 0.2) is 18.2 Å². The standard InChI is InChI=1S/C13H18FN3O/c14-12-4-3-9(13(16)18)6-10(12)7-17-5-1-2-11(15)8-17/h3-4,6,11H,1-2,5,7-8,15H2,(H2,16,18)/t11-/m1/s1. The topological polar surface area (TPSA) is 72.4 Å². The molecule has 1 aliphatic heterocycles. The number of amides is 1. The molecule has 1 aromatic carbocycles. The van der Waals surface area contributed by atoms with Crippen LogP contribution in [0.5, 0.6) is 0 Å². The zero-order valence-corrected chi connectivity index (χ0v) is 10.2. The molecule has 1 aromatic rings. The second-order valence-electron chi connectivity index (χ2n) is 4.81. The molecular weight excluding hydrogens is 233 g/mol. The largest absolute Gasteiger partial charge is 0.366 e. The van der Waals surface area contributed by atoms with Crippen LogP contribution < -0.4 is 11.5 Å². The van der Waals surface area contributed by atoms with Crippen molar-refractivity contribution in [2.75, 3.05) is 13.1 Å². The number of nitrogens with zero attached hydrogens (tertiary/aromatic N) is 1. The van der Waals surface area contributed by atoms with E-state index in [2.05, 4.69) is 4.90 Å². The summed E-state index contributed by atoms with van der Waals surface area (Å²) in [5.41, 5.74) is 11.9. The summed E-state index contributed by atoms with van der Waals surface area (Å²) in [5.74, 6) is -0.842. The van der Waals surface area contributed by atoms with Gasteiger partial charge in [-0.1, -0.05) is 0 Å². The summed E-state index contributed by atoms with van der Waals surface area (Å²) in [7, 11) is 0. The second kappa shape index (κ2) is 5.46. The van der Waals surface area contributed by atoms with Gasteiger partial charge in [0, 0.05) is 30.3 Å². The van der Waals surface area contributed by atoms with Gasteiger partial charge in [0.2, 0.25) is 5.91 Å². The molecule has 0 saturated carbocycles. The van der Waals surface area contributed by atoms with Crippen molar-refractivity contribution in [3.05, 3.63) is 35.1 Å². The molecule has 5 heteroatoms. The lowest BCUT2D eigenvalue weighted by Gasteiger charge is -2.30. The van der Waals surface area contributed by atoms with Crippen molar-refractivity contribution in [2.45, 2.75) is 25.4 Å². The summed E-state index contributed by atoms with van der Waals surface area (Å²) in [6.45, 7) is 2.15. The van der Waals surface area contributed by atoms with Crippen LogP contribution in [-0.4, -0.2) is 29.9 Å². The smallest absolute Gasteiger partial charge is 0.248 e. The molecule has 98 valence electrons. The molecule has 1 heterocycles. The number of carbonyl (C=O) groups is 1. The van der Waals surface area contributed by atoms with Crippen molar-refractivity contribution in [3.63, 3.8) is 0 Å². The third-order valence-corrected chi connectivity index (χ3v) is 3.27. The molecule has 2 rings (SSSR count). The van der Waals surface area contributed by atoms with Crippen LogP contribution in [-0.2, 0) is 6.54 Å². The highest BCUT2D eigenvalue weighted by atomic mass is 19.1. The van der Waals surface area contributed by atoms with E-state index in [9.17, 15) is 9.18 Å². The molecule has 4 nitrogen and oxygen atoms in total. The van der Waals surface area contributed by atoms with E-state index in [1.165, 1.54) is 18.2 Å². The average Bonchev–Trinajstić information content (AvgIpc) is 2.31. The van der Waals surface area contributed by atoms with E-state index in [-0.39, 0.29) is 11.9 Å². The van der Waals surface area contributed by atoms with Gasteiger partial charge in [0.1, 0.15) is 5.82 Å². The first-order valence-corrected chi connectivity index (χ1v) is 6.12. The van der Waals surface area contributed by atoms with E-state index in [1.54, 1.807) is 0 Å². The zero-order valence-electron chi connectivity index (χ0n) is 10.2. The van der Waals surface area contributed by atoms with Gasteiger partial charge in [-0.25, -0.2) is 4.39 Å². The average molecular weight is 251 g/mol. The second-order valence-corrected chi connectivity index (χ2v) is 4.81. The number of piperidine rings is 1. The maximum Gasteiger partial charge on any atom is 0.248 e. The van der Waals surface area contributed by atoms with Gasteiger partial charge in [0.05, 0.1) is 0 Å². The van der Waals surface area contributed by atoms with Gasteiger partial charge in [0.25, 0.3) is 0 Å². The molecule has 0 aromatic heterocycles. The molecule has 1 aliphatic rings. The number of hydrogen-bond acceptors (Lipinski definition) is 3. The number of primary amides is 1. The summed E-state index contributed by atoms with van der Waals surface area (Å²) >= 11 is 0. The van der Waals surface area contributed by atoms with Gasteiger partial charge in [-0.15, -0.1) is 0 Å². The van der Waals surface area contributed by atoms with Crippen molar-refractivity contribution in [2.24, 2.45) is 11.5 Å². The van der Waals surface area contributed by atoms with Gasteiger partial charge in [-0.3, -0.25) is 9.69 Å². The third-order valence-electron chi connectivity index (χ3n) is 3.27. The third kappa shape index (κ3) is 3.05. The van der Waals surface area contributed by atoms with Gasteiger partial charge < -0.3 is 11.5 Å². The Balaban J connectivity index is 2.12. The van der Waals surface area contributed by atoms with Crippen LogP contribution >= 0.6 is 0 Å². The Morgan fingerprint density at radius 3 is 2.94 bits per heavy atom. The molecule has 18 heavy (non-hydrogen) atoms. The molecule has 1 amide bonds. The number of rotatable bonds is 3. The summed E-state index contributed by atoms with van der Waals surface area (Å²) in [6, 6.07) is 4.38. The highest BCUT2D eigenvalue weighted by Crippen LogP contribution is 2.16. The Morgan fingerprint density at radius 1 is 1.50 bits per heavy atom. The fraction of sp³-hybridized carbons (Fsp3) is 0.462. The summed E-state index contributed by atoms with van der Waals surface area (Å²) < 4.78 is 13.7. The van der Waals surface area contributed by atoms with Crippen molar-refractivity contribution in [1.29, 1.82) is 0 Å². The Hall–Kier alpha value is -1.46. The van der Waals surface area contributed by atoms with E-state index in [4.69, 9.17) is 11.5 Å². The number of nitrogens with two attached hydrogens (primary N) is 2. The molecule has 1 atom stereocenters. The summed E-state index contributed by atoms with van der Waals surface area (Å²) in [6.07, 6.45) is 2.04. The van der Waals surface area contributed by atoms with Gasteiger partial charge in [-0.05, 0) is 37.6 Å². The first kappa shape index (κ1) is 13.0. The minimum absolute atomic E-state index is 0.154. The fourth-order valence-corrected chi connectivity index (χ4v) is 2.32. The first-order valence-electron chi connectivity index (χ1n) is 6.12. The van der Waals surface area contributed by atoms with Crippen molar-refractivity contribution in [3.8, 4) is 0 Å². The molecule has 4 N–H and O–H groups in total. The SMILES string of the molecule is NC(=O)c1ccc(F)c(CN2CCC[C@@H](N)C2)c1. The van der Waals surface area contributed by atoms with E-state index in [0.717, 1.165) is 25.9 Å². The van der Waals surface area contributed by atoms with Gasteiger partial charge in [-0.2, -0.15) is 0 Å². The van der Waals surface area contributed by atoms with E-state index < -0.39 is 5.91 Å². The number of likely N-dealkylation sites (tertiary alicyclic amines) is 1. The number of halogens is 1. The molecule has 0 bridgehead atoms. The predicted molar refractivity (Wildman–Crippen MR) is 67.4 cm³/mol. The van der Waals surface area contributed by atoms with Crippen molar-refractivity contribution in [1.82, 2.24) is 4.90 Å². The molecule has 0 aliphatic carbocycles. The Kier molecular flexibility index (Phi) is 3.93. The quantitative estimate of drug-likeness (QED) is 0.836. The van der Waals surface area contributed by atoms with E-state index in [1.807, 2.05) is 0 Å². The maximum atomic E-state index is 13.7. The number of hydrogen-bond donors (Lipinski definition) is 2. The van der Waals surface area contributed by atoms with Crippen LogP contribution in [0, 0.1) is 5.82 Å². The Morgan fingerprint density at radius 2 is 2.28 bits per heavy atom. The van der Waals surface area contributed by atoms with E-state index >= 15 is 0 Å². The fourth-order valence-electron chi connectivity index (χ4n) is 2.32. The molecule has 0 spiro atoms. The number of carbonyl (C=O) groups excluding carboxylic acids is 1. The molecule has 1 fully saturated rings. The van der Waals surface area contributed by atoms with Crippen LogP contribution in [0.3, 0.4) is 0 Å². The van der Waals surface area contributed by atoms with Crippen LogP contribution in [0.1, 0.15) is 28.8 Å². The molecular formula is C13H18FN3O. The zero-order chi connectivity index (χ0) is 13.1. The lowest BCUT2D eigenvalue weighted by atomic mass is 10.0. The van der Waals surface area contributed by atoms with Crippen molar-refractivity contribution < 1.29 is 9.18 Å². The summed E-state index contributed by atoms with van der Waals surface area (Å²) in [4.78, 5) is 13.2. The van der Waals surface area contributed by atoms with Crippen LogP contribution in [0.25, 0.3) is 0 Å². The van der Waals surface area contributed by atoms with E-state index in [0.29, 0.717) is 17.7 Å². The normalized spacial score (nSPS) is 20.9. The summed E-state index contributed by atoms with van der Waals surface area (Å²) in [5, 5.41) is 0. The lowest BCUT2D eigenvalue weighted by Crippen LogP contribution is -2.42. The van der Waals surface area contributed by atoms with Crippen molar-refractivity contribution >= 4 is 5.91 Å². The first-order chi connectivity index (χ1) is 8.56. The highest BCUT2D eigenvalue weighted by molar-refractivity contribution is 5.92. The molecule has 1 saturated heterocycles. The van der Waals surface area contributed by atoms with Gasteiger partial charge >= 0.3 is 0 Å². The highest BCUT2D eigenvalue weighted by Gasteiger charge is 2.18. The molecule has 0 unspecified atom stereocenters. The van der Waals surface area contributed by atoms with Crippen LogP contribution in [0.2, 0.25) is 0 Å². The Labute approximate surface area is 106 Å². The lowest BCUT2D eigenvalue weighted by molar-refractivity contribution is 0.1000.